The number of amides is 1. The van der Waals surface area contributed by atoms with E-state index in [9.17, 15) is 4.79 Å². The minimum absolute atomic E-state index is 0.0323. The first-order valence-corrected chi connectivity index (χ1v) is 7.38. The third kappa shape index (κ3) is 3.01. The predicted octanol–water partition coefficient (Wildman–Crippen LogP) is 2.49. The highest BCUT2D eigenvalue weighted by Gasteiger charge is 2.15. The number of aromatic nitrogens is 3. The molecular weight excluding hydrogens is 264 g/mol. The molecular formula is C16H24N4O. The molecule has 0 unspecified atom stereocenters. The molecule has 0 fully saturated rings. The van der Waals surface area contributed by atoms with Crippen molar-refractivity contribution in [1.82, 2.24) is 19.7 Å². The van der Waals surface area contributed by atoms with Gasteiger partial charge in [-0.25, -0.2) is 0 Å². The third-order valence-corrected chi connectivity index (χ3v) is 4.02. The van der Waals surface area contributed by atoms with Crippen LogP contribution < -0.4 is 5.32 Å². The van der Waals surface area contributed by atoms with Crippen molar-refractivity contribution in [2.24, 2.45) is 7.05 Å². The zero-order valence-corrected chi connectivity index (χ0v) is 13.5. The molecule has 0 aliphatic carbocycles. The molecule has 0 saturated carbocycles. The monoisotopic (exact) mass is 288 g/mol. The van der Waals surface area contributed by atoms with E-state index < -0.39 is 0 Å². The first-order chi connectivity index (χ1) is 9.95. The Morgan fingerprint density at radius 2 is 2.00 bits per heavy atom. The van der Waals surface area contributed by atoms with Crippen LogP contribution in [0, 0.1) is 20.8 Å². The van der Waals surface area contributed by atoms with Crippen LogP contribution in [0.25, 0.3) is 0 Å². The Labute approximate surface area is 126 Å². The lowest BCUT2D eigenvalue weighted by Gasteiger charge is -2.07. The Balaban J connectivity index is 2.10. The number of hydrogen-bond acceptors (Lipinski definition) is 2. The van der Waals surface area contributed by atoms with Crippen molar-refractivity contribution in [3.8, 4) is 0 Å². The Kier molecular flexibility index (Phi) is 4.50. The summed E-state index contributed by atoms with van der Waals surface area (Å²) in [5.74, 6) is -0.0323. The van der Waals surface area contributed by atoms with Gasteiger partial charge in [0.15, 0.2) is 0 Å². The first kappa shape index (κ1) is 15.4. The van der Waals surface area contributed by atoms with Crippen LogP contribution in [0.5, 0.6) is 0 Å². The Hall–Kier alpha value is -2.04. The molecule has 5 heteroatoms. The zero-order valence-electron chi connectivity index (χ0n) is 13.5. The minimum Gasteiger partial charge on any atom is -0.354 e. The van der Waals surface area contributed by atoms with E-state index in [0.29, 0.717) is 6.54 Å². The van der Waals surface area contributed by atoms with Crippen molar-refractivity contribution in [3.05, 3.63) is 40.5 Å². The fourth-order valence-electron chi connectivity index (χ4n) is 2.53. The Bertz CT molecular complexity index is 652. The molecule has 0 atom stereocenters. The van der Waals surface area contributed by atoms with Crippen molar-refractivity contribution in [1.29, 1.82) is 0 Å². The number of carbonyl (C=O) groups is 1. The van der Waals surface area contributed by atoms with Gasteiger partial charge in [0.1, 0.15) is 0 Å². The third-order valence-electron chi connectivity index (χ3n) is 4.02. The lowest BCUT2D eigenvalue weighted by molar-refractivity contribution is 0.0950. The normalized spacial score (nSPS) is 10.9. The van der Waals surface area contributed by atoms with Crippen molar-refractivity contribution >= 4 is 5.91 Å². The van der Waals surface area contributed by atoms with E-state index in [1.807, 2.05) is 42.4 Å². The van der Waals surface area contributed by atoms with E-state index in [0.717, 1.165) is 41.2 Å². The molecule has 0 spiro atoms. The second kappa shape index (κ2) is 6.16. The van der Waals surface area contributed by atoms with Crippen LogP contribution >= 0.6 is 0 Å². The number of nitrogens with one attached hydrogen (secondary N) is 1. The summed E-state index contributed by atoms with van der Waals surface area (Å²) in [5.41, 5.74) is 4.95. The van der Waals surface area contributed by atoms with Gasteiger partial charge in [-0.15, -0.1) is 0 Å². The predicted molar refractivity (Wildman–Crippen MR) is 83.3 cm³/mol. The quantitative estimate of drug-likeness (QED) is 0.919. The molecule has 0 radical (unpaired) electrons. The second-order valence-corrected chi connectivity index (χ2v) is 5.48. The summed E-state index contributed by atoms with van der Waals surface area (Å²) in [6, 6.07) is 1.85. The SMILES string of the molecule is CCCn1nc(C)c(CNC(=O)c2ccn(C)c2C)c1C. The summed E-state index contributed by atoms with van der Waals surface area (Å²) < 4.78 is 3.97. The summed E-state index contributed by atoms with van der Waals surface area (Å²) in [6.07, 6.45) is 2.96. The molecule has 21 heavy (non-hydrogen) atoms. The fourth-order valence-corrected chi connectivity index (χ4v) is 2.53. The van der Waals surface area contributed by atoms with Crippen molar-refractivity contribution in [2.45, 2.75) is 47.2 Å². The van der Waals surface area contributed by atoms with Gasteiger partial charge in [0.25, 0.3) is 5.91 Å². The summed E-state index contributed by atoms with van der Waals surface area (Å²) in [5, 5.41) is 7.53. The van der Waals surface area contributed by atoms with Crippen LogP contribution in [-0.2, 0) is 20.1 Å². The number of nitrogens with zero attached hydrogens (tertiary/aromatic N) is 3. The molecule has 114 valence electrons. The van der Waals surface area contributed by atoms with Gasteiger partial charge in [0.05, 0.1) is 11.3 Å². The van der Waals surface area contributed by atoms with E-state index in [-0.39, 0.29) is 5.91 Å². The molecule has 0 aliphatic rings. The summed E-state index contributed by atoms with van der Waals surface area (Å²) in [6.45, 7) is 9.58. The second-order valence-electron chi connectivity index (χ2n) is 5.48. The Morgan fingerprint density at radius 3 is 2.57 bits per heavy atom. The van der Waals surface area contributed by atoms with Crippen LogP contribution in [0.2, 0.25) is 0 Å². The average molecular weight is 288 g/mol. The zero-order chi connectivity index (χ0) is 15.6. The highest BCUT2D eigenvalue weighted by molar-refractivity contribution is 5.95. The van der Waals surface area contributed by atoms with Gasteiger partial charge in [0.2, 0.25) is 0 Å². The summed E-state index contributed by atoms with van der Waals surface area (Å²) >= 11 is 0. The van der Waals surface area contributed by atoms with Crippen LogP contribution in [0.1, 0.15) is 46.3 Å². The Morgan fingerprint density at radius 1 is 1.29 bits per heavy atom. The van der Waals surface area contributed by atoms with Gasteiger partial charge in [-0.2, -0.15) is 5.10 Å². The molecule has 2 rings (SSSR count). The highest BCUT2D eigenvalue weighted by atomic mass is 16.1. The van der Waals surface area contributed by atoms with Crippen LogP contribution in [0.15, 0.2) is 12.3 Å². The first-order valence-electron chi connectivity index (χ1n) is 7.38. The molecule has 2 heterocycles. The van der Waals surface area contributed by atoms with Crippen LogP contribution in [0.4, 0.5) is 0 Å². The molecule has 5 nitrogen and oxygen atoms in total. The van der Waals surface area contributed by atoms with Crippen LogP contribution in [0.3, 0.4) is 0 Å². The lowest BCUT2D eigenvalue weighted by Crippen LogP contribution is -2.24. The van der Waals surface area contributed by atoms with Crippen molar-refractivity contribution in [2.75, 3.05) is 0 Å². The molecule has 2 aromatic rings. The smallest absolute Gasteiger partial charge is 0.253 e. The summed E-state index contributed by atoms with van der Waals surface area (Å²) in [4.78, 5) is 12.3. The van der Waals surface area contributed by atoms with Gasteiger partial charge in [-0.05, 0) is 33.3 Å². The van der Waals surface area contributed by atoms with Crippen molar-refractivity contribution < 1.29 is 4.79 Å². The number of carbonyl (C=O) groups excluding carboxylic acids is 1. The topological polar surface area (TPSA) is 51.9 Å². The van der Waals surface area contributed by atoms with Crippen LogP contribution in [-0.4, -0.2) is 20.3 Å². The van der Waals surface area contributed by atoms with E-state index in [1.54, 1.807) is 0 Å². The lowest BCUT2D eigenvalue weighted by atomic mass is 10.2. The van der Waals surface area contributed by atoms with E-state index in [2.05, 4.69) is 24.3 Å². The number of rotatable bonds is 5. The van der Waals surface area contributed by atoms with Gasteiger partial charge in [-0.1, -0.05) is 6.92 Å². The maximum Gasteiger partial charge on any atom is 0.253 e. The standard InChI is InChI=1S/C16H24N4O/c1-6-8-20-13(4)15(11(2)18-20)10-17-16(21)14-7-9-19(5)12(14)3/h7,9H,6,8,10H2,1-5H3,(H,17,21). The average Bonchev–Trinajstić information content (AvgIpc) is 2.90. The van der Waals surface area contributed by atoms with Gasteiger partial charge < -0.3 is 9.88 Å². The number of hydrogen-bond donors (Lipinski definition) is 1. The van der Waals surface area contributed by atoms with E-state index >= 15 is 0 Å². The molecule has 0 bridgehead atoms. The van der Waals surface area contributed by atoms with Gasteiger partial charge in [0, 0.05) is 43.3 Å². The molecule has 2 aromatic heterocycles. The molecule has 1 amide bonds. The fraction of sp³-hybridized carbons (Fsp3) is 0.500. The highest BCUT2D eigenvalue weighted by Crippen LogP contribution is 2.14. The maximum atomic E-state index is 12.3. The molecule has 1 N–H and O–H groups in total. The minimum atomic E-state index is -0.0323. The van der Waals surface area contributed by atoms with E-state index in [1.165, 1.54) is 0 Å². The van der Waals surface area contributed by atoms with Gasteiger partial charge in [-0.3, -0.25) is 9.48 Å². The number of aryl methyl sites for hydroxylation is 3. The maximum absolute atomic E-state index is 12.3. The molecule has 0 saturated heterocycles. The molecule has 0 aromatic carbocycles. The van der Waals surface area contributed by atoms with E-state index in [4.69, 9.17) is 0 Å². The largest absolute Gasteiger partial charge is 0.354 e. The van der Waals surface area contributed by atoms with Crippen molar-refractivity contribution in [3.63, 3.8) is 0 Å². The summed E-state index contributed by atoms with van der Waals surface area (Å²) in [7, 11) is 1.94. The molecule has 0 aliphatic heterocycles. The van der Waals surface area contributed by atoms with Gasteiger partial charge >= 0.3 is 0 Å².